The summed E-state index contributed by atoms with van der Waals surface area (Å²) in [5.41, 5.74) is -1.25. The van der Waals surface area contributed by atoms with Gasteiger partial charge in [-0.3, -0.25) is 4.79 Å². The van der Waals surface area contributed by atoms with E-state index in [9.17, 15) is 13.6 Å². The molecule has 0 spiro atoms. The predicted molar refractivity (Wildman–Crippen MR) is 61.7 cm³/mol. The summed E-state index contributed by atoms with van der Waals surface area (Å²) in [5.74, 6) is -2.33. The molecular weight excluding hydrogens is 250 g/mol. The summed E-state index contributed by atoms with van der Waals surface area (Å²) in [6, 6.07) is 1.69. The molecule has 1 rings (SSSR count). The summed E-state index contributed by atoms with van der Waals surface area (Å²) in [7, 11) is 1.22. The van der Waals surface area contributed by atoms with Gasteiger partial charge < -0.3 is 4.74 Å². The molecular formula is C12H13ClF2O2. The van der Waals surface area contributed by atoms with E-state index in [1.54, 1.807) is 13.8 Å². The van der Waals surface area contributed by atoms with E-state index in [1.165, 1.54) is 7.11 Å². The molecule has 0 radical (unpaired) electrons. The normalized spacial score (nSPS) is 11.4. The number of carbonyl (C=O) groups excluding carboxylic acids is 1. The maximum absolute atomic E-state index is 13.6. The number of halogens is 3. The Balaban J connectivity index is 3.25. The third kappa shape index (κ3) is 2.75. The Morgan fingerprint density at radius 2 is 1.94 bits per heavy atom. The molecule has 94 valence electrons. The van der Waals surface area contributed by atoms with Crippen LogP contribution in [0.1, 0.15) is 24.2 Å². The van der Waals surface area contributed by atoms with Crippen LogP contribution in [0.5, 0.6) is 5.75 Å². The van der Waals surface area contributed by atoms with Crippen LogP contribution in [0.25, 0.3) is 0 Å². The van der Waals surface area contributed by atoms with Gasteiger partial charge >= 0.3 is 0 Å². The van der Waals surface area contributed by atoms with Crippen molar-refractivity contribution in [2.24, 2.45) is 5.41 Å². The summed E-state index contributed by atoms with van der Waals surface area (Å²) in [4.78, 5) is 11.9. The Morgan fingerprint density at radius 1 is 1.35 bits per heavy atom. The largest absolute Gasteiger partial charge is 0.494 e. The Labute approximate surface area is 104 Å². The first-order valence-electron chi connectivity index (χ1n) is 4.97. The van der Waals surface area contributed by atoms with Crippen molar-refractivity contribution in [1.29, 1.82) is 0 Å². The summed E-state index contributed by atoms with van der Waals surface area (Å²) in [6.07, 6.45) is 0. The molecule has 0 unspecified atom stereocenters. The monoisotopic (exact) mass is 262 g/mol. The molecule has 1 aromatic carbocycles. The zero-order chi connectivity index (χ0) is 13.2. The van der Waals surface area contributed by atoms with E-state index < -0.39 is 22.8 Å². The van der Waals surface area contributed by atoms with Crippen molar-refractivity contribution in [3.8, 4) is 5.75 Å². The smallest absolute Gasteiger partial charge is 0.172 e. The standard InChI is InChI=1S/C12H13ClF2O2/c1-12(2,6-13)11(16)7-4-9(15)10(17-3)5-8(7)14/h4-5H,6H2,1-3H3. The van der Waals surface area contributed by atoms with E-state index in [0.717, 1.165) is 12.1 Å². The van der Waals surface area contributed by atoms with E-state index in [-0.39, 0.29) is 17.2 Å². The van der Waals surface area contributed by atoms with Crippen LogP contribution < -0.4 is 4.74 Å². The maximum Gasteiger partial charge on any atom is 0.172 e. The van der Waals surface area contributed by atoms with Gasteiger partial charge in [0.05, 0.1) is 12.7 Å². The summed E-state index contributed by atoms with van der Waals surface area (Å²) in [5, 5.41) is 0. The lowest BCUT2D eigenvalue weighted by molar-refractivity contribution is 0.0857. The van der Waals surface area contributed by atoms with E-state index in [1.807, 2.05) is 0 Å². The molecule has 0 saturated heterocycles. The fourth-order valence-corrected chi connectivity index (χ4v) is 1.41. The molecule has 0 aliphatic heterocycles. The highest BCUT2D eigenvalue weighted by molar-refractivity contribution is 6.21. The first-order chi connectivity index (χ1) is 7.83. The topological polar surface area (TPSA) is 26.3 Å². The highest BCUT2D eigenvalue weighted by atomic mass is 35.5. The molecule has 0 bridgehead atoms. The number of benzene rings is 1. The van der Waals surface area contributed by atoms with Gasteiger partial charge in [-0.2, -0.15) is 0 Å². The van der Waals surface area contributed by atoms with Gasteiger partial charge in [0.25, 0.3) is 0 Å². The minimum Gasteiger partial charge on any atom is -0.494 e. The van der Waals surface area contributed by atoms with E-state index >= 15 is 0 Å². The van der Waals surface area contributed by atoms with Crippen LogP contribution in [0.2, 0.25) is 0 Å². The van der Waals surface area contributed by atoms with Gasteiger partial charge in [-0.1, -0.05) is 13.8 Å². The van der Waals surface area contributed by atoms with E-state index in [4.69, 9.17) is 11.6 Å². The highest BCUT2D eigenvalue weighted by Crippen LogP contribution is 2.28. The number of ketones is 1. The van der Waals surface area contributed by atoms with Crippen LogP contribution in [0.4, 0.5) is 8.78 Å². The molecule has 1 aromatic rings. The fraction of sp³-hybridized carbons (Fsp3) is 0.417. The van der Waals surface area contributed by atoms with E-state index in [2.05, 4.69) is 4.74 Å². The predicted octanol–water partition coefficient (Wildman–Crippen LogP) is 3.42. The lowest BCUT2D eigenvalue weighted by Gasteiger charge is -2.20. The number of rotatable bonds is 4. The minimum atomic E-state index is -0.941. The lowest BCUT2D eigenvalue weighted by atomic mass is 9.86. The maximum atomic E-state index is 13.6. The number of hydrogen-bond acceptors (Lipinski definition) is 2. The first kappa shape index (κ1) is 13.9. The van der Waals surface area contributed by atoms with Gasteiger partial charge in [-0.05, 0) is 6.07 Å². The molecule has 5 heteroatoms. The van der Waals surface area contributed by atoms with Crippen LogP contribution in [-0.2, 0) is 0 Å². The summed E-state index contributed by atoms with van der Waals surface area (Å²) in [6.45, 7) is 3.15. The molecule has 2 nitrogen and oxygen atoms in total. The lowest BCUT2D eigenvalue weighted by Crippen LogP contribution is -2.27. The van der Waals surface area contributed by atoms with Crippen LogP contribution in [0.15, 0.2) is 12.1 Å². The Hall–Kier alpha value is -1.16. The first-order valence-corrected chi connectivity index (χ1v) is 5.50. The molecule has 0 amide bonds. The molecule has 0 fully saturated rings. The molecule has 0 aliphatic rings. The van der Waals surface area contributed by atoms with Crippen molar-refractivity contribution in [3.05, 3.63) is 29.3 Å². The SMILES string of the molecule is COc1cc(F)c(C(=O)C(C)(C)CCl)cc1F. The summed E-state index contributed by atoms with van der Waals surface area (Å²) < 4.78 is 31.6. The van der Waals surface area contributed by atoms with Crippen molar-refractivity contribution in [2.75, 3.05) is 13.0 Å². The van der Waals surface area contributed by atoms with Crippen LogP contribution in [0.3, 0.4) is 0 Å². The molecule has 0 aromatic heterocycles. The van der Waals surface area contributed by atoms with E-state index in [0.29, 0.717) is 0 Å². The molecule has 0 saturated carbocycles. The second kappa shape index (κ2) is 5.00. The average molecular weight is 263 g/mol. The molecule has 0 N–H and O–H groups in total. The zero-order valence-electron chi connectivity index (χ0n) is 9.81. The number of ether oxygens (including phenoxy) is 1. The third-order valence-corrected chi connectivity index (χ3v) is 3.10. The molecule has 0 aliphatic carbocycles. The number of Topliss-reactive ketones (excluding diaryl/α,β-unsaturated/α-hetero) is 1. The van der Waals surface area contributed by atoms with Gasteiger partial charge in [0.2, 0.25) is 0 Å². The fourth-order valence-electron chi connectivity index (χ4n) is 1.28. The van der Waals surface area contributed by atoms with Gasteiger partial charge in [-0.25, -0.2) is 8.78 Å². The molecule has 0 atom stereocenters. The number of alkyl halides is 1. The summed E-state index contributed by atoms with van der Waals surface area (Å²) >= 11 is 5.63. The van der Waals surface area contributed by atoms with Gasteiger partial charge in [0, 0.05) is 17.4 Å². The molecule has 0 heterocycles. The average Bonchev–Trinajstić information content (AvgIpc) is 2.30. The van der Waals surface area contributed by atoms with Crippen molar-refractivity contribution in [1.82, 2.24) is 0 Å². The van der Waals surface area contributed by atoms with Gasteiger partial charge in [0.15, 0.2) is 17.3 Å². The van der Waals surface area contributed by atoms with Crippen LogP contribution in [0, 0.1) is 17.0 Å². The van der Waals surface area contributed by atoms with Gasteiger partial charge in [-0.15, -0.1) is 11.6 Å². The van der Waals surface area contributed by atoms with Crippen molar-refractivity contribution in [2.45, 2.75) is 13.8 Å². The second-order valence-electron chi connectivity index (χ2n) is 4.31. The van der Waals surface area contributed by atoms with Crippen LogP contribution in [-0.4, -0.2) is 18.8 Å². The number of carbonyl (C=O) groups is 1. The molecule has 17 heavy (non-hydrogen) atoms. The van der Waals surface area contributed by atoms with Crippen LogP contribution >= 0.6 is 11.6 Å². The Bertz CT molecular complexity index is 444. The van der Waals surface area contributed by atoms with Crippen molar-refractivity contribution < 1.29 is 18.3 Å². The number of hydrogen-bond donors (Lipinski definition) is 0. The zero-order valence-corrected chi connectivity index (χ0v) is 10.6. The third-order valence-electron chi connectivity index (χ3n) is 2.43. The van der Waals surface area contributed by atoms with Gasteiger partial charge in [0.1, 0.15) is 5.82 Å². The van der Waals surface area contributed by atoms with Crippen molar-refractivity contribution >= 4 is 17.4 Å². The highest BCUT2D eigenvalue weighted by Gasteiger charge is 2.30. The Morgan fingerprint density at radius 3 is 2.41 bits per heavy atom. The van der Waals surface area contributed by atoms with Crippen molar-refractivity contribution in [3.63, 3.8) is 0 Å². The second-order valence-corrected chi connectivity index (χ2v) is 4.58. The minimum absolute atomic E-state index is 0.0267. The number of methoxy groups -OCH3 is 1. The Kier molecular flexibility index (Phi) is 4.09. The quantitative estimate of drug-likeness (QED) is 0.614.